The van der Waals surface area contributed by atoms with Gasteiger partial charge in [-0.3, -0.25) is 4.79 Å². The summed E-state index contributed by atoms with van der Waals surface area (Å²) in [6.45, 7) is 0.404. The highest BCUT2D eigenvalue weighted by Gasteiger charge is 2.33. The Morgan fingerprint density at radius 2 is 1.85 bits per heavy atom. The molecule has 26 heavy (non-hydrogen) atoms. The maximum atomic E-state index is 13.0. The fraction of sp³-hybridized carbons (Fsp3) is 0.105. The second-order valence-electron chi connectivity index (χ2n) is 5.54. The lowest BCUT2D eigenvalue weighted by Crippen LogP contribution is -2.51. The summed E-state index contributed by atoms with van der Waals surface area (Å²) in [5.41, 5.74) is 0.872. The highest BCUT2D eigenvalue weighted by atomic mass is 35.5. The predicted octanol–water partition coefficient (Wildman–Crippen LogP) is 4.37. The van der Waals surface area contributed by atoms with Crippen LogP contribution in [0.4, 0.5) is 4.39 Å². The normalized spacial score (nSPS) is 11.8. The van der Waals surface area contributed by atoms with Gasteiger partial charge >= 0.3 is 0 Å². The van der Waals surface area contributed by atoms with Crippen LogP contribution in [0, 0.1) is 5.82 Å². The van der Waals surface area contributed by atoms with Crippen molar-refractivity contribution in [1.29, 1.82) is 0 Å². The van der Waals surface area contributed by atoms with E-state index in [1.54, 1.807) is 41.2 Å². The predicted molar refractivity (Wildman–Crippen MR) is 105 cm³/mol. The monoisotopic (exact) mass is 405 g/mol. The first-order chi connectivity index (χ1) is 12.5. The van der Waals surface area contributed by atoms with E-state index >= 15 is 0 Å². The minimum atomic E-state index is -0.679. The van der Waals surface area contributed by atoms with Gasteiger partial charge in [0.1, 0.15) is 5.82 Å². The van der Waals surface area contributed by atoms with Gasteiger partial charge in [-0.2, -0.15) is 4.57 Å². The summed E-state index contributed by atoms with van der Waals surface area (Å²) in [6, 6.07) is 14.4. The maximum Gasteiger partial charge on any atom is 0.271 e. The summed E-state index contributed by atoms with van der Waals surface area (Å²) >= 11 is 12.7. The molecule has 0 aliphatic carbocycles. The number of carbonyl (C=O) groups is 1. The van der Waals surface area contributed by atoms with Crippen molar-refractivity contribution in [3.05, 3.63) is 87.6 Å². The van der Waals surface area contributed by atoms with Gasteiger partial charge in [0.2, 0.25) is 5.78 Å². The lowest BCUT2D eigenvalue weighted by Gasteiger charge is -2.14. The zero-order valence-corrected chi connectivity index (χ0v) is 16.0. The standard InChI is InChI=1S/C19H14ClFN2OS2/c20-16-9-8-15(26-16)18(24)17(23-10-2-1-3-11-23)19(25)22-12-13-4-6-14(21)7-5-13/h1-11,17H,12H2/p+1/t17-/m0/s1. The van der Waals surface area contributed by atoms with Crippen molar-refractivity contribution >= 4 is 45.9 Å². The topological polar surface area (TPSA) is 33.0 Å². The molecule has 0 aliphatic heterocycles. The average Bonchev–Trinajstić information content (AvgIpc) is 3.09. The summed E-state index contributed by atoms with van der Waals surface area (Å²) in [6.07, 6.45) is 3.59. The number of thiocarbonyl (C=S) groups is 1. The molecule has 132 valence electrons. The number of hydrogen-bond acceptors (Lipinski definition) is 3. The number of pyridine rings is 1. The summed E-state index contributed by atoms with van der Waals surface area (Å²) in [5.74, 6) is -0.423. The van der Waals surface area contributed by atoms with Crippen LogP contribution >= 0.6 is 35.2 Å². The SMILES string of the molecule is O=C(c1ccc(Cl)s1)[C@@H](C(=S)NCc1ccc(F)cc1)[n+]1ccccc1. The Hall–Kier alpha value is -2.15. The molecule has 2 heterocycles. The van der Waals surface area contributed by atoms with Crippen LogP contribution in [0.15, 0.2) is 67.0 Å². The van der Waals surface area contributed by atoms with Gasteiger partial charge in [0.15, 0.2) is 17.4 Å². The van der Waals surface area contributed by atoms with Crippen LogP contribution in [0.5, 0.6) is 0 Å². The van der Waals surface area contributed by atoms with Crippen molar-refractivity contribution in [3.8, 4) is 0 Å². The van der Waals surface area contributed by atoms with E-state index in [4.69, 9.17) is 23.8 Å². The van der Waals surface area contributed by atoms with Crippen LogP contribution in [-0.2, 0) is 6.54 Å². The zero-order valence-electron chi connectivity index (χ0n) is 13.6. The third-order valence-corrected chi connectivity index (χ3v) is 5.34. The minimum Gasteiger partial charge on any atom is -0.370 e. The number of benzene rings is 1. The molecule has 1 N–H and O–H groups in total. The Morgan fingerprint density at radius 1 is 1.15 bits per heavy atom. The number of Topliss-reactive ketones (excluding diaryl/α,β-unsaturated/α-hetero) is 1. The molecule has 0 spiro atoms. The second kappa shape index (κ2) is 8.49. The minimum absolute atomic E-state index is 0.130. The molecular formula is C19H15ClFN2OS2+. The molecule has 0 fully saturated rings. The van der Waals surface area contributed by atoms with E-state index in [0.29, 0.717) is 20.7 Å². The molecule has 0 bridgehead atoms. The molecule has 0 unspecified atom stereocenters. The Balaban J connectivity index is 1.81. The number of carbonyl (C=O) groups excluding carboxylic acids is 1. The van der Waals surface area contributed by atoms with Gasteiger partial charge < -0.3 is 5.32 Å². The third-order valence-electron chi connectivity index (χ3n) is 3.73. The molecule has 0 saturated heterocycles. The largest absolute Gasteiger partial charge is 0.370 e. The summed E-state index contributed by atoms with van der Waals surface area (Å²) < 4.78 is 15.3. The van der Waals surface area contributed by atoms with Crippen LogP contribution < -0.4 is 9.88 Å². The lowest BCUT2D eigenvalue weighted by atomic mass is 10.1. The zero-order chi connectivity index (χ0) is 18.5. The summed E-state index contributed by atoms with van der Waals surface area (Å²) in [5, 5.41) is 3.11. The molecule has 1 atom stereocenters. The van der Waals surface area contributed by atoms with E-state index in [2.05, 4.69) is 5.32 Å². The number of aromatic nitrogens is 1. The highest BCUT2D eigenvalue weighted by molar-refractivity contribution is 7.80. The van der Waals surface area contributed by atoms with Gasteiger partial charge in [-0.1, -0.05) is 42.0 Å². The number of nitrogens with one attached hydrogen (secondary N) is 1. The molecule has 7 heteroatoms. The van der Waals surface area contributed by atoms with E-state index < -0.39 is 6.04 Å². The molecule has 0 radical (unpaired) electrons. The smallest absolute Gasteiger partial charge is 0.271 e. The van der Waals surface area contributed by atoms with Gasteiger partial charge in [0.25, 0.3) is 6.04 Å². The number of halogens is 2. The van der Waals surface area contributed by atoms with E-state index in [1.165, 1.54) is 23.5 Å². The highest BCUT2D eigenvalue weighted by Crippen LogP contribution is 2.24. The van der Waals surface area contributed by atoms with Gasteiger partial charge in [0.05, 0.1) is 9.21 Å². The molecular weight excluding hydrogens is 391 g/mol. The molecule has 0 saturated carbocycles. The molecule has 3 nitrogen and oxygen atoms in total. The van der Waals surface area contributed by atoms with Crippen molar-refractivity contribution in [2.75, 3.05) is 0 Å². The Kier molecular flexibility index (Phi) is 6.08. The molecule has 1 aromatic carbocycles. The molecule has 2 aromatic heterocycles. The first-order valence-electron chi connectivity index (χ1n) is 7.82. The fourth-order valence-corrected chi connectivity index (χ4v) is 3.75. The van der Waals surface area contributed by atoms with Crippen LogP contribution in [0.3, 0.4) is 0 Å². The van der Waals surface area contributed by atoms with E-state index in [-0.39, 0.29) is 11.6 Å². The molecule has 0 aliphatic rings. The average molecular weight is 406 g/mol. The molecule has 3 rings (SSSR count). The van der Waals surface area contributed by atoms with Crippen LogP contribution in [0.1, 0.15) is 21.3 Å². The number of thiophene rings is 1. The van der Waals surface area contributed by atoms with Crippen molar-refractivity contribution in [3.63, 3.8) is 0 Å². The summed E-state index contributed by atoms with van der Waals surface area (Å²) in [7, 11) is 0. The van der Waals surface area contributed by atoms with Gasteiger partial charge in [-0.05, 0) is 29.8 Å². The van der Waals surface area contributed by atoms with Gasteiger partial charge in [-0.25, -0.2) is 4.39 Å². The van der Waals surface area contributed by atoms with Gasteiger partial charge in [0, 0.05) is 18.7 Å². The van der Waals surface area contributed by atoms with Crippen LogP contribution in [0.2, 0.25) is 4.34 Å². The first kappa shape index (κ1) is 18.6. The number of ketones is 1. The Labute approximate surface area is 165 Å². The summed E-state index contributed by atoms with van der Waals surface area (Å²) in [4.78, 5) is 13.9. The van der Waals surface area contributed by atoms with Crippen molar-refractivity contribution in [2.24, 2.45) is 0 Å². The van der Waals surface area contributed by atoms with E-state index in [1.807, 2.05) is 18.2 Å². The van der Waals surface area contributed by atoms with Crippen LogP contribution in [-0.4, -0.2) is 10.8 Å². The number of rotatable bonds is 6. The molecule has 3 aromatic rings. The molecule has 0 amide bonds. The fourth-order valence-electron chi connectivity index (χ4n) is 2.44. The maximum absolute atomic E-state index is 13.0. The second-order valence-corrected chi connectivity index (χ2v) is 7.69. The lowest BCUT2D eigenvalue weighted by molar-refractivity contribution is -0.692. The Morgan fingerprint density at radius 3 is 2.46 bits per heavy atom. The van der Waals surface area contributed by atoms with E-state index in [0.717, 1.165) is 5.56 Å². The Bertz CT molecular complexity index is 913. The quantitative estimate of drug-likeness (QED) is 0.375. The first-order valence-corrected chi connectivity index (χ1v) is 9.42. The van der Waals surface area contributed by atoms with Crippen molar-refractivity contribution in [2.45, 2.75) is 12.6 Å². The number of nitrogens with zero attached hydrogens (tertiary/aromatic N) is 1. The van der Waals surface area contributed by atoms with Gasteiger partial charge in [-0.15, -0.1) is 11.3 Å². The third kappa shape index (κ3) is 4.52. The number of hydrogen-bond donors (Lipinski definition) is 1. The van der Waals surface area contributed by atoms with Crippen LogP contribution in [0.25, 0.3) is 0 Å². The van der Waals surface area contributed by atoms with Crippen molar-refractivity contribution < 1.29 is 13.8 Å². The van der Waals surface area contributed by atoms with E-state index in [9.17, 15) is 9.18 Å². The van der Waals surface area contributed by atoms with Crippen molar-refractivity contribution in [1.82, 2.24) is 5.32 Å².